The normalized spacial score (nSPS) is 10.7. The summed E-state index contributed by atoms with van der Waals surface area (Å²) in [6.45, 7) is -0.116. The molecule has 0 aliphatic rings. The average molecular weight is 376 g/mol. The summed E-state index contributed by atoms with van der Waals surface area (Å²) < 4.78 is 7.33. The summed E-state index contributed by atoms with van der Waals surface area (Å²) in [6, 6.07) is 7.99. The van der Waals surface area contributed by atoms with Gasteiger partial charge in [-0.2, -0.15) is 0 Å². The Morgan fingerprint density at radius 3 is 3.00 bits per heavy atom. The highest BCUT2D eigenvalue weighted by atomic mass is 79.9. The van der Waals surface area contributed by atoms with E-state index in [4.69, 9.17) is 10.5 Å². The number of ether oxygens (including phenoxy) is 1. The number of hydrogen-bond acceptors (Lipinski definition) is 5. The first-order chi connectivity index (χ1) is 11.0. The van der Waals surface area contributed by atoms with Crippen molar-refractivity contribution in [1.29, 1.82) is 0 Å². The summed E-state index contributed by atoms with van der Waals surface area (Å²) in [5, 5.41) is 0. The van der Waals surface area contributed by atoms with E-state index in [0.717, 1.165) is 4.47 Å². The molecule has 3 rings (SSSR count). The van der Waals surface area contributed by atoms with Crippen molar-refractivity contribution in [3.05, 3.63) is 68.8 Å². The van der Waals surface area contributed by atoms with Crippen LogP contribution in [0.1, 0.15) is 16.1 Å². The number of nitrogen functional groups attached to an aromatic ring is 1. The van der Waals surface area contributed by atoms with Crippen LogP contribution in [0.15, 0.2) is 52.0 Å². The lowest BCUT2D eigenvalue weighted by molar-refractivity contribution is -0.360. The van der Waals surface area contributed by atoms with E-state index < -0.39 is 5.97 Å². The highest BCUT2D eigenvalue weighted by Gasteiger charge is 2.15. The summed E-state index contributed by atoms with van der Waals surface area (Å²) >= 11 is 3.30. The Hall–Kier alpha value is -2.74. The van der Waals surface area contributed by atoms with Crippen LogP contribution in [0.25, 0.3) is 5.65 Å². The maximum atomic E-state index is 12.1. The number of carbonyl (C=O) groups excluding carboxylic acids is 1. The van der Waals surface area contributed by atoms with Crippen molar-refractivity contribution >= 4 is 33.4 Å². The van der Waals surface area contributed by atoms with E-state index in [-0.39, 0.29) is 23.5 Å². The number of nitrogens with one attached hydrogen (secondary N) is 1. The second kappa shape index (κ2) is 6.17. The van der Waals surface area contributed by atoms with Crippen molar-refractivity contribution in [3.8, 4) is 0 Å². The van der Waals surface area contributed by atoms with Gasteiger partial charge < -0.3 is 4.74 Å². The van der Waals surface area contributed by atoms with Gasteiger partial charge in [0, 0.05) is 16.7 Å². The van der Waals surface area contributed by atoms with E-state index in [1.807, 2.05) is 0 Å². The molecule has 23 heavy (non-hydrogen) atoms. The smallest absolute Gasteiger partial charge is 0.346 e. The van der Waals surface area contributed by atoms with Crippen molar-refractivity contribution < 1.29 is 14.5 Å². The Morgan fingerprint density at radius 2 is 2.22 bits per heavy atom. The standard InChI is InChI=1S/C15H11BrN4O3/c16-9-3-4-12-19-10(6-13(21)20(12)7-9)8-23-15(22)11-2-1-5-18-14(11)17/h1-7H,8H2,(H2,17,18)/p+1. The molecule has 116 valence electrons. The molecule has 0 unspecified atom stereocenters. The van der Waals surface area contributed by atoms with Crippen LogP contribution in [0, 0.1) is 0 Å². The molecule has 7 nitrogen and oxygen atoms in total. The molecule has 0 atom stereocenters. The predicted octanol–water partition coefficient (Wildman–Crippen LogP) is 1.21. The van der Waals surface area contributed by atoms with E-state index in [9.17, 15) is 9.59 Å². The fraction of sp³-hybridized carbons (Fsp3) is 0.0667. The van der Waals surface area contributed by atoms with Gasteiger partial charge in [0.15, 0.2) is 0 Å². The van der Waals surface area contributed by atoms with E-state index in [2.05, 4.69) is 25.9 Å². The van der Waals surface area contributed by atoms with Gasteiger partial charge in [0.25, 0.3) is 11.4 Å². The molecular weight excluding hydrogens is 364 g/mol. The zero-order valence-corrected chi connectivity index (χ0v) is 13.4. The van der Waals surface area contributed by atoms with Gasteiger partial charge in [-0.3, -0.25) is 14.9 Å². The number of halogens is 1. The molecule has 0 spiro atoms. The zero-order chi connectivity index (χ0) is 16.4. The molecule has 0 aromatic carbocycles. The number of aromatic nitrogens is 3. The Kier molecular flexibility index (Phi) is 4.07. The quantitative estimate of drug-likeness (QED) is 0.693. The van der Waals surface area contributed by atoms with Crippen LogP contribution < -0.4 is 16.3 Å². The van der Waals surface area contributed by atoms with E-state index in [0.29, 0.717) is 11.3 Å². The topological polar surface area (TPSA) is 101 Å². The summed E-state index contributed by atoms with van der Waals surface area (Å²) in [5.41, 5.74) is 6.49. The minimum Gasteiger partial charge on any atom is -0.455 e. The molecule has 8 heteroatoms. The number of nitrogens with zero attached hydrogens (tertiary/aromatic N) is 2. The second-order valence-electron chi connectivity index (χ2n) is 4.73. The van der Waals surface area contributed by atoms with Crippen LogP contribution in [0.5, 0.6) is 0 Å². The number of anilines is 1. The number of H-pyrrole nitrogens is 1. The van der Waals surface area contributed by atoms with Crippen molar-refractivity contribution in [2.45, 2.75) is 6.61 Å². The Morgan fingerprint density at radius 1 is 1.39 bits per heavy atom. The molecule has 0 saturated carbocycles. The van der Waals surface area contributed by atoms with Gasteiger partial charge >= 0.3 is 5.97 Å². The predicted molar refractivity (Wildman–Crippen MR) is 85.7 cm³/mol. The van der Waals surface area contributed by atoms with Gasteiger partial charge in [0.1, 0.15) is 17.8 Å². The van der Waals surface area contributed by atoms with Crippen molar-refractivity contribution in [2.24, 2.45) is 0 Å². The molecule has 3 heterocycles. The minimum absolute atomic E-state index is 0.116. The van der Waals surface area contributed by atoms with Crippen LogP contribution in [0.2, 0.25) is 0 Å². The van der Waals surface area contributed by atoms with Crippen molar-refractivity contribution in [2.75, 3.05) is 5.73 Å². The van der Waals surface area contributed by atoms with Gasteiger partial charge in [0.2, 0.25) is 0 Å². The van der Waals surface area contributed by atoms with Crippen LogP contribution >= 0.6 is 15.9 Å². The number of fused-ring (bicyclic) bond motifs is 1. The molecule has 0 aliphatic carbocycles. The van der Waals surface area contributed by atoms with Crippen molar-refractivity contribution in [1.82, 2.24) is 9.38 Å². The molecule has 0 aliphatic heterocycles. The number of hydrogen-bond donors (Lipinski definition) is 1. The first-order valence-corrected chi connectivity index (χ1v) is 7.45. The van der Waals surface area contributed by atoms with Gasteiger partial charge in [-0.1, -0.05) is 0 Å². The van der Waals surface area contributed by atoms with Gasteiger partial charge in [-0.05, 0) is 40.2 Å². The summed E-state index contributed by atoms with van der Waals surface area (Å²) in [4.78, 5) is 31.1. The molecule has 0 amide bonds. The summed E-state index contributed by atoms with van der Waals surface area (Å²) in [7, 11) is 0. The van der Waals surface area contributed by atoms with Crippen LogP contribution in [-0.2, 0) is 11.3 Å². The highest BCUT2D eigenvalue weighted by Crippen LogP contribution is 2.11. The monoisotopic (exact) mass is 375 g/mol. The first-order valence-electron chi connectivity index (χ1n) is 6.66. The lowest BCUT2D eigenvalue weighted by Gasteiger charge is -2.06. The Balaban J connectivity index is 1.82. The fourth-order valence-electron chi connectivity index (χ4n) is 2.05. The third-order valence-corrected chi connectivity index (χ3v) is 3.60. The van der Waals surface area contributed by atoms with E-state index in [1.54, 1.807) is 36.7 Å². The minimum atomic E-state index is -0.586. The first kappa shape index (κ1) is 15.2. The van der Waals surface area contributed by atoms with Crippen LogP contribution in [0.4, 0.5) is 5.82 Å². The second-order valence-corrected chi connectivity index (χ2v) is 5.65. The zero-order valence-electron chi connectivity index (χ0n) is 11.8. The SMILES string of the molecule is Nc1[nH+]cccc1C(=O)OCc1cc(=O)n2cc(Br)ccc2n1. The number of esters is 1. The van der Waals surface area contributed by atoms with Gasteiger partial charge in [0.05, 0.1) is 11.9 Å². The third kappa shape index (κ3) is 3.21. The number of aromatic amines is 1. The molecule has 3 N–H and O–H groups in total. The summed E-state index contributed by atoms with van der Waals surface area (Å²) in [6.07, 6.45) is 3.23. The maximum Gasteiger partial charge on any atom is 0.346 e. The van der Waals surface area contributed by atoms with Crippen LogP contribution in [0.3, 0.4) is 0 Å². The third-order valence-electron chi connectivity index (χ3n) is 3.14. The molecule has 0 fully saturated rings. The highest BCUT2D eigenvalue weighted by molar-refractivity contribution is 9.10. The number of nitrogens with two attached hydrogens (primary N) is 1. The Labute approximate surface area is 138 Å². The molecular formula is C15H12BrN4O3+. The number of rotatable bonds is 3. The fourth-order valence-corrected chi connectivity index (χ4v) is 2.38. The van der Waals surface area contributed by atoms with Crippen LogP contribution in [-0.4, -0.2) is 15.4 Å². The molecule has 0 saturated heterocycles. The summed E-state index contributed by atoms with van der Waals surface area (Å²) in [5.74, 6) is -0.369. The maximum absolute atomic E-state index is 12.1. The van der Waals surface area contributed by atoms with Gasteiger partial charge in [-0.25, -0.2) is 14.8 Å². The largest absolute Gasteiger partial charge is 0.455 e. The Bertz CT molecular complexity index is 955. The van der Waals surface area contributed by atoms with E-state index in [1.165, 1.54) is 10.5 Å². The van der Waals surface area contributed by atoms with Crippen molar-refractivity contribution in [3.63, 3.8) is 0 Å². The number of pyridine rings is 2. The molecule has 0 radical (unpaired) electrons. The molecule has 3 aromatic rings. The molecule has 0 bridgehead atoms. The lowest BCUT2D eigenvalue weighted by Crippen LogP contribution is -2.18. The van der Waals surface area contributed by atoms with Gasteiger partial charge in [-0.15, -0.1) is 0 Å². The van der Waals surface area contributed by atoms with E-state index >= 15 is 0 Å². The number of carbonyl (C=O) groups is 1. The lowest BCUT2D eigenvalue weighted by atomic mass is 10.2. The average Bonchev–Trinajstić information content (AvgIpc) is 2.54. The molecule has 3 aromatic heterocycles.